The van der Waals surface area contributed by atoms with E-state index in [1.54, 1.807) is 13.1 Å². The molecule has 7 nitrogen and oxygen atoms in total. The molecule has 0 aliphatic carbocycles. The summed E-state index contributed by atoms with van der Waals surface area (Å²) in [5, 5.41) is 18.2. The Balaban J connectivity index is 1.31. The quantitative estimate of drug-likeness (QED) is 0.222. The summed E-state index contributed by atoms with van der Waals surface area (Å²) in [6, 6.07) is 25.2. The number of aliphatic carboxylic acids is 1. The number of nitrogens with zero attached hydrogens (tertiary/aromatic N) is 3. The van der Waals surface area contributed by atoms with Gasteiger partial charge in [-0.2, -0.15) is 5.10 Å². The number of oxime groups is 1. The van der Waals surface area contributed by atoms with Crippen LogP contribution in [-0.2, 0) is 29.3 Å². The lowest BCUT2D eigenvalue weighted by Gasteiger charge is -2.13. The average Bonchev–Trinajstić information content (AvgIpc) is 3.36. The van der Waals surface area contributed by atoms with E-state index in [0.717, 1.165) is 22.4 Å². The molecule has 1 unspecified atom stereocenters. The molecule has 0 fully saturated rings. The minimum atomic E-state index is -0.939. The molecule has 184 valence electrons. The van der Waals surface area contributed by atoms with Crippen molar-refractivity contribution in [3.63, 3.8) is 0 Å². The highest BCUT2D eigenvalue weighted by Crippen LogP contribution is 2.18. The summed E-state index contributed by atoms with van der Waals surface area (Å²) >= 11 is 0. The lowest BCUT2D eigenvalue weighted by molar-refractivity contribution is -0.139. The van der Waals surface area contributed by atoms with Gasteiger partial charge in [-0.15, -0.1) is 0 Å². The predicted molar refractivity (Wildman–Crippen MR) is 138 cm³/mol. The molecule has 0 saturated heterocycles. The van der Waals surface area contributed by atoms with Gasteiger partial charge in [0.05, 0.1) is 17.6 Å². The molecule has 0 saturated carbocycles. The van der Waals surface area contributed by atoms with E-state index in [1.807, 2.05) is 77.6 Å². The summed E-state index contributed by atoms with van der Waals surface area (Å²) in [5.41, 5.74) is 5.41. The van der Waals surface area contributed by atoms with Gasteiger partial charge in [-0.25, -0.2) is 4.68 Å². The van der Waals surface area contributed by atoms with Crippen molar-refractivity contribution in [3.8, 4) is 11.4 Å². The Morgan fingerprint density at radius 3 is 2.36 bits per heavy atom. The van der Waals surface area contributed by atoms with Crippen molar-refractivity contribution in [2.24, 2.45) is 11.1 Å². The third kappa shape index (κ3) is 6.82. The van der Waals surface area contributed by atoms with E-state index >= 15 is 0 Å². The van der Waals surface area contributed by atoms with Crippen molar-refractivity contribution in [2.45, 2.75) is 33.5 Å². The van der Waals surface area contributed by atoms with Crippen molar-refractivity contribution >= 4 is 11.7 Å². The van der Waals surface area contributed by atoms with E-state index in [0.29, 0.717) is 31.1 Å². The normalized spacial score (nSPS) is 12.2. The molecule has 0 spiro atoms. The SMILES string of the molecule is C/C(=N\OCc1ccccc1)C(Cc1ccc(OCc2cnn(-c3ccc(C)cc3)c2)cc1)C(=O)O. The van der Waals surface area contributed by atoms with Crippen LogP contribution in [0.5, 0.6) is 5.75 Å². The van der Waals surface area contributed by atoms with Crippen molar-refractivity contribution in [1.29, 1.82) is 0 Å². The molecule has 1 aromatic heterocycles. The van der Waals surface area contributed by atoms with Gasteiger partial charge in [-0.1, -0.05) is 65.3 Å². The fourth-order valence-corrected chi connectivity index (χ4v) is 3.66. The summed E-state index contributed by atoms with van der Waals surface area (Å²) in [6.07, 6.45) is 4.04. The number of carboxylic acid groups (broad SMARTS) is 1. The fourth-order valence-electron chi connectivity index (χ4n) is 3.66. The zero-order valence-electron chi connectivity index (χ0n) is 20.4. The molecule has 36 heavy (non-hydrogen) atoms. The van der Waals surface area contributed by atoms with Crippen LogP contribution >= 0.6 is 0 Å². The van der Waals surface area contributed by atoms with Gasteiger partial charge in [-0.3, -0.25) is 4.79 Å². The van der Waals surface area contributed by atoms with Crippen LogP contribution in [0.25, 0.3) is 5.69 Å². The van der Waals surface area contributed by atoms with Gasteiger partial charge in [-0.05, 0) is 55.7 Å². The zero-order valence-corrected chi connectivity index (χ0v) is 20.4. The molecule has 3 aromatic carbocycles. The lowest BCUT2D eigenvalue weighted by Crippen LogP contribution is -2.24. The van der Waals surface area contributed by atoms with Gasteiger partial charge < -0.3 is 14.7 Å². The topological polar surface area (TPSA) is 85.9 Å². The number of carboxylic acids is 1. The Bertz CT molecular complexity index is 1300. The molecular weight excluding hydrogens is 454 g/mol. The van der Waals surface area contributed by atoms with Crippen molar-refractivity contribution in [3.05, 3.63) is 114 Å². The second-order valence-electron chi connectivity index (χ2n) is 8.65. The summed E-state index contributed by atoms with van der Waals surface area (Å²) < 4.78 is 7.72. The summed E-state index contributed by atoms with van der Waals surface area (Å²) in [7, 11) is 0. The third-order valence-electron chi connectivity index (χ3n) is 5.79. The number of aromatic nitrogens is 2. The van der Waals surface area contributed by atoms with Crippen molar-refractivity contribution in [1.82, 2.24) is 9.78 Å². The van der Waals surface area contributed by atoms with E-state index < -0.39 is 11.9 Å². The first-order valence-electron chi connectivity index (χ1n) is 11.7. The van der Waals surface area contributed by atoms with Crippen LogP contribution < -0.4 is 4.74 Å². The summed E-state index contributed by atoms with van der Waals surface area (Å²) in [6.45, 7) is 4.40. The van der Waals surface area contributed by atoms with Crippen LogP contribution in [0.15, 0.2) is 96.4 Å². The lowest BCUT2D eigenvalue weighted by atomic mass is 9.95. The molecule has 4 aromatic rings. The number of hydrogen-bond acceptors (Lipinski definition) is 5. The molecular formula is C29H29N3O4. The average molecular weight is 484 g/mol. The Hall–Kier alpha value is -4.39. The van der Waals surface area contributed by atoms with Crippen LogP contribution in [0.2, 0.25) is 0 Å². The summed E-state index contributed by atoms with van der Waals surface area (Å²) in [5.74, 6) is -1.02. The number of ether oxygens (including phenoxy) is 1. The first-order valence-corrected chi connectivity index (χ1v) is 11.7. The highest BCUT2D eigenvalue weighted by molar-refractivity contribution is 6.00. The number of rotatable bonds is 11. The van der Waals surface area contributed by atoms with Crippen molar-refractivity contribution in [2.75, 3.05) is 0 Å². The second-order valence-corrected chi connectivity index (χ2v) is 8.65. The monoisotopic (exact) mass is 483 g/mol. The minimum absolute atomic E-state index is 0.292. The molecule has 4 rings (SSSR count). The zero-order chi connectivity index (χ0) is 25.3. The summed E-state index contributed by atoms with van der Waals surface area (Å²) in [4.78, 5) is 17.2. The molecule has 1 N–H and O–H groups in total. The Labute approximate surface area is 210 Å². The number of hydrogen-bond donors (Lipinski definition) is 1. The molecule has 1 heterocycles. The van der Waals surface area contributed by atoms with Crippen LogP contribution in [0.4, 0.5) is 0 Å². The molecule has 0 aliphatic rings. The third-order valence-corrected chi connectivity index (χ3v) is 5.79. The number of benzene rings is 3. The largest absolute Gasteiger partial charge is 0.489 e. The Morgan fingerprint density at radius 2 is 1.67 bits per heavy atom. The van der Waals surface area contributed by atoms with Crippen molar-refractivity contribution < 1.29 is 19.5 Å². The molecule has 0 amide bonds. The van der Waals surface area contributed by atoms with Crippen LogP contribution in [0, 0.1) is 12.8 Å². The molecule has 0 radical (unpaired) electrons. The Morgan fingerprint density at radius 1 is 0.944 bits per heavy atom. The van der Waals surface area contributed by atoms with E-state index in [9.17, 15) is 9.90 Å². The van der Waals surface area contributed by atoms with Gasteiger partial charge in [0.15, 0.2) is 0 Å². The van der Waals surface area contributed by atoms with Crippen LogP contribution in [0.1, 0.15) is 29.2 Å². The standard InChI is InChI=1S/C29H29N3O4/c1-21-8-12-26(13-9-21)32-18-25(17-30-32)19-35-27-14-10-23(11-15-27)16-28(29(33)34)22(2)31-36-20-24-6-4-3-5-7-24/h3-15,17-18,28H,16,19-20H2,1-2H3,(H,33,34)/b31-22+. The van der Waals surface area contributed by atoms with Gasteiger partial charge >= 0.3 is 5.97 Å². The van der Waals surface area contributed by atoms with Gasteiger partial charge in [0.1, 0.15) is 24.9 Å². The number of carbonyl (C=O) groups is 1. The Kier molecular flexibility index (Phi) is 8.13. The second kappa shape index (κ2) is 11.8. The van der Waals surface area contributed by atoms with E-state index in [1.165, 1.54) is 5.56 Å². The smallest absolute Gasteiger partial charge is 0.312 e. The molecule has 7 heteroatoms. The van der Waals surface area contributed by atoms with Gasteiger partial charge in [0, 0.05) is 11.8 Å². The molecule has 0 aliphatic heterocycles. The molecule has 1 atom stereocenters. The highest BCUT2D eigenvalue weighted by Gasteiger charge is 2.22. The van der Waals surface area contributed by atoms with E-state index in [-0.39, 0.29) is 0 Å². The maximum absolute atomic E-state index is 11.9. The highest BCUT2D eigenvalue weighted by atomic mass is 16.6. The van der Waals surface area contributed by atoms with Gasteiger partial charge in [0.25, 0.3) is 0 Å². The van der Waals surface area contributed by atoms with E-state index in [4.69, 9.17) is 9.57 Å². The maximum atomic E-state index is 11.9. The van der Waals surface area contributed by atoms with Crippen LogP contribution in [-0.4, -0.2) is 26.6 Å². The maximum Gasteiger partial charge on any atom is 0.312 e. The molecule has 0 bridgehead atoms. The first kappa shape index (κ1) is 24.7. The number of aryl methyl sites for hydroxylation is 1. The van der Waals surface area contributed by atoms with Gasteiger partial charge in [0.2, 0.25) is 0 Å². The van der Waals surface area contributed by atoms with Crippen LogP contribution in [0.3, 0.4) is 0 Å². The minimum Gasteiger partial charge on any atom is -0.489 e. The first-order chi connectivity index (χ1) is 17.5. The predicted octanol–water partition coefficient (Wildman–Crippen LogP) is 5.60. The fraction of sp³-hybridized carbons (Fsp3) is 0.207. The van der Waals surface area contributed by atoms with E-state index in [2.05, 4.69) is 29.3 Å².